The van der Waals surface area contributed by atoms with Crippen molar-refractivity contribution in [2.45, 2.75) is 26.7 Å². The van der Waals surface area contributed by atoms with Gasteiger partial charge < -0.3 is 15.1 Å². The smallest absolute Gasteiger partial charge is 0.255 e. The largest absolute Gasteiger partial charge is 0.368 e. The summed E-state index contributed by atoms with van der Waals surface area (Å²) in [6.07, 6.45) is 0. The summed E-state index contributed by atoms with van der Waals surface area (Å²) < 4.78 is 0. The first-order chi connectivity index (χ1) is 15.9. The van der Waals surface area contributed by atoms with Crippen LogP contribution in [0.5, 0.6) is 0 Å². The van der Waals surface area contributed by atoms with E-state index in [-0.39, 0.29) is 11.8 Å². The predicted octanol–water partition coefficient (Wildman–Crippen LogP) is 5.33. The van der Waals surface area contributed by atoms with Crippen LogP contribution in [0, 0.1) is 6.92 Å². The van der Waals surface area contributed by atoms with Crippen LogP contribution in [0.1, 0.15) is 51.6 Å². The zero-order valence-electron chi connectivity index (χ0n) is 19.5. The van der Waals surface area contributed by atoms with Crippen molar-refractivity contribution in [1.29, 1.82) is 0 Å². The molecule has 5 heteroatoms. The molecule has 0 radical (unpaired) electrons. The Balaban J connectivity index is 1.32. The average Bonchev–Trinajstić information content (AvgIpc) is 2.85. The fraction of sp³-hybridized carbons (Fsp3) is 0.286. The predicted molar refractivity (Wildman–Crippen MR) is 134 cm³/mol. The number of nitrogens with one attached hydrogen (secondary N) is 1. The summed E-state index contributed by atoms with van der Waals surface area (Å²) in [6, 6.07) is 23.4. The van der Waals surface area contributed by atoms with E-state index in [4.69, 9.17) is 0 Å². The van der Waals surface area contributed by atoms with Crippen LogP contribution in [0.2, 0.25) is 0 Å². The SMILES string of the molecule is Cc1ccc(C(=O)N2CCN(c3ccc(NC(=O)c4ccc(C(C)C)cc4)cc3)CC2)cc1. The summed E-state index contributed by atoms with van der Waals surface area (Å²) in [5.41, 5.74) is 5.63. The summed E-state index contributed by atoms with van der Waals surface area (Å²) in [5, 5.41) is 2.97. The highest BCUT2D eigenvalue weighted by molar-refractivity contribution is 6.04. The number of aryl methyl sites for hydroxylation is 1. The summed E-state index contributed by atoms with van der Waals surface area (Å²) in [4.78, 5) is 29.5. The van der Waals surface area contributed by atoms with Crippen LogP contribution in [0.3, 0.4) is 0 Å². The molecule has 2 amide bonds. The van der Waals surface area contributed by atoms with Gasteiger partial charge in [0.2, 0.25) is 0 Å². The maximum absolute atomic E-state index is 12.7. The highest BCUT2D eigenvalue weighted by atomic mass is 16.2. The van der Waals surface area contributed by atoms with Gasteiger partial charge in [0, 0.05) is 48.7 Å². The fourth-order valence-electron chi connectivity index (χ4n) is 4.02. The molecule has 0 bridgehead atoms. The van der Waals surface area contributed by atoms with Gasteiger partial charge in [0.05, 0.1) is 0 Å². The molecule has 1 fully saturated rings. The number of rotatable bonds is 5. The van der Waals surface area contributed by atoms with Gasteiger partial charge in [-0.3, -0.25) is 9.59 Å². The van der Waals surface area contributed by atoms with Crippen LogP contribution in [-0.4, -0.2) is 42.9 Å². The molecule has 0 spiro atoms. The van der Waals surface area contributed by atoms with Crippen LogP contribution in [0.4, 0.5) is 11.4 Å². The maximum Gasteiger partial charge on any atom is 0.255 e. The van der Waals surface area contributed by atoms with E-state index >= 15 is 0 Å². The Bertz CT molecular complexity index is 1100. The van der Waals surface area contributed by atoms with E-state index in [1.165, 1.54) is 5.56 Å². The van der Waals surface area contributed by atoms with Gasteiger partial charge in [0.15, 0.2) is 0 Å². The van der Waals surface area contributed by atoms with E-state index in [9.17, 15) is 9.59 Å². The summed E-state index contributed by atoms with van der Waals surface area (Å²) in [7, 11) is 0. The molecule has 1 aliphatic heterocycles. The van der Waals surface area contributed by atoms with Gasteiger partial charge in [0.25, 0.3) is 11.8 Å². The molecule has 0 aromatic heterocycles. The van der Waals surface area contributed by atoms with Gasteiger partial charge in [-0.15, -0.1) is 0 Å². The van der Waals surface area contributed by atoms with Crippen molar-refractivity contribution < 1.29 is 9.59 Å². The number of hydrogen-bond donors (Lipinski definition) is 1. The molecule has 1 N–H and O–H groups in total. The second-order valence-electron chi connectivity index (χ2n) is 8.92. The lowest BCUT2D eigenvalue weighted by Crippen LogP contribution is -2.48. The third-order valence-corrected chi connectivity index (χ3v) is 6.20. The zero-order valence-corrected chi connectivity index (χ0v) is 19.5. The van der Waals surface area contributed by atoms with Gasteiger partial charge in [0.1, 0.15) is 0 Å². The highest BCUT2D eigenvalue weighted by Gasteiger charge is 2.22. The number of hydrogen-bond acceptors (Lipinski definition) is 3. The Morgan fingerprint density at radius 1 is 0.758 bits per heavy atom. The normalized spacial score (nSPS) is 13.8. The summed E-state index contributed by atoms with van der Waals surface area (Å²) in [6.45, 7) is 9.25. The second-order valence-corrected chi connectivity index (χ2v) is 8.92. The lowest BCUT2D eigenvalue weighted by atomic mass is 10.0. The van der Waals surface area contributed by atoms with Crippen LogP contribution in [0.25, 0.3) is 0 Å². The molecule has 33 heavy (non-hydrogen) atoms. The van der Waals surface area contributed by atoms with E-state index in [1.54, 1.807) is 0 Å². The highest BCUT2D eigenvalue weighted by Crippen LogP contribution is 2.21. The van der Waals surface area contributed by atoms with Crippen LogP contribution in [0.15, 0.2) is 72.8 Å². The van der Waals surface area contributed by atoms with Gasteiger partial charge in [-0.1, -0.05) is 43.7 Å². The quantitative estimate of drug-likeness (QED) is 0.582. The number of benzene rings is 3. The Morgan fingerprint density at radius 2 is 1.33 bits per heavy atom. The molecule has 1 saturated heterocycles. The molecule has 4 rings (SSSR count). The third kappa shape index (κ3) is 5.43. The molecule has 3 aromatic rings. The molecule has 0 aliphatic carbocycles. The van der Waals surface area contributed by atoms with E-state index in [0.29, 0.717) is 24.6 Å². The number of piperazine rings is 1. The maximum atomic E-state index is 12.7. The first-order valence-corrected chi connectivity index (χ1v) is 11.5. The standard InChI is InChI=1S/C28H31N3O2/c1-20(2)22-8-10-23(11-9-22)27(32)29-25-12-14-26(15-13-25)30-16-18-31(19-17-30)28(33)24-6-4-21(3)5-7-24/h4-15,20H,16-19H2,1-3H3,(H,29,32). The molecule has 0 unspecified atom stereocenters. The molecular formula is C28H31N3O2. The first kappa shape index (κ1) is 22.6. The van der Waals surface area contributed by atoms with Crippen LogP contribution < -0.4 is 10.2 Å². The number of carbonyl (C=O) groups is 2. The van der Waals surface area contributed by atoms with Crippen LogP contribution in [-0.2, 0) is 0 Å². The minimum atomic E-state index is -0.110. The summed E-state index contributed by atoms with van der Waals surface area (Å²) >= 11 is 0. The molecular weight excluding hydrogens is 410 g/mol. The van der Waals surface area contributed by atoms with Crippen molar-refractivity contribution in [2.75, 3.05) is 36.4 Å². The molecule has 3 aromatic carbocycles. The molecule has 5 nitrogen and oxygen atoms in total. The van der Waals surface area contributed by atoms with Crippen molar-refractivity contribution in [2.24, 2.45) is 0 Å². The van der Waals surface area contributed by atoms with Crippen LogP contribution >= 0.6 is 0 Å². The molecule has 0 saturated carbocycles. The Morgan fingerprint density at radius 3 is 1.91 bits per heavy atom. The Hall–Kier alpha value is -3.60. The number of amides is 2. The summed E-state index contributed by atoms with van der Waals surface area (Å²) in [5.74, 6) is 0.424. The molecule has 170 valence electrons. The monoisotopic (exact) mass is 441 g/mol. The van der Waals surface area contributed by atoms with Crippen molar-refractivity contribution >= 4 is 23.2 Å². The number of carbonyl (C=O) groups excluding carboxylic acids is 2. The van der Waals surface area contributed by atoms with E-state index in [1.807, 2.05) is 84.6 Å². The third-order valence-electron chi connectivity index (χ3n) is 6.20. The van der Waals surface area contributed by atoms with Gasteiger partial charge >= 0.3 is 0 Å². The minimum Gasteiger partial charge on any atom is -0.368 e. The molecule has 1 heterocycles. The fourth-order valence-corrected chi connectivity index (χ4v) is 4.02. The van der Waals surface area contributed by atoms with Crippen molar-refractivity contribution in [3.63, 3.8) is 0 Å². The van der Waals surface area contributed by atoms with E-state index < -0.39 is 0 Å². The topological polar surface area (TPSA) is 52.7 Å². The minimum absolute atomic E-state index is 0.0918. The van der Waals surface area contributed by atoms with Gasteiger partial charge in [-0.2, -0.15) is 0 Å². The van der Waals surface area contributed by atoms with Crippen molar-refractivity contribution in [3.8, 4) is 0 Å². The lowest BCUT2D eigenvalue weighted by Gasteiger charge is -2.36. The first-order valence-electron chi connectivity index (χ1n) is 11.5. The van der Waals surface area contributed by atoms with Gasteiger partial charge in [-0.25, -0.2) is 0 Å². The average molecular weight is 442 g/mol. The zero-order chi connectivity index (χ0) is 23.4. The van der Waals surface area contributed by atoms with E-state index in [0.717, 1.165) is 35.6 Å². The van der Waals surface area contributed by atoms with E-state index in [2.05, 4.69) is 24.1 Å². The second kappa shape index (κ2) is 9.90. The molecule has 1 aliphatic rings. The van der Waals surface area contributed by atoms with Crippen molar-refractivity contribution in [3.05, 3.63) is 95.1 Å². The van der Waals surface area contributed by atoms with Crippen molar-refractivity contribution in [1.82, 2.24) is 4.90 Å². The number of nitrogens with zero attached hydrogens (tertiary/aromatic N) is 2. The lowest BCUT2D eigenvalue weighted by molar-refractivity contribution is 0.0746. The van der Waals surface area contributed by atoms with Gasteiger partial charge in [-0.05, 0) is 66.9 Å². The number of anilines is 2. The molecule has 0 atom stereocenters. The Kier molecular flexibility index (Phi) is 6.78. The Labute approximate surface area is 196 Å².